The molecule has 1 aliphatic heterocycles. The Morgan fingerprint density at radius 3 is 2.30 bits per heavy atom. The fourth-order valence-corrected chi connectivity index (χ4v) is 4.36. The van der Waals surface area contributed by atoms with Crippen molar-refractivity contribution in [2.24, 2.45) is 23.7 Å². The van der Waals surface area contributed by atoms with Crippen LogP contribution in [0.4, 0.5) is 5.69 Å². The molecule has 2 fully saturated rings. The molecule has 2 aliphatic carbocycles. The van der Waals surface area contributed by atoms with Crippen LogP contribution in [0.1, 0.15) is 6.42 Å². The second-order valence-electron chi connectivity index (χ2n) is 6.49. The van der Waals surface area contributed by atoms with Gasteiger partial charge in [-0.15, -0.1) is 0 Å². The molecule has 4 atom stereocenters. The number of hydrogen-bond acceptors (Lipinski definition) is 4. The van der Waals surface area contributed by atoms with Crippen LogP contribution in [0.15, 0.2) is 51.7 Å². The Balaban J connectivity index is 1.60. The van der Waals surface area contributed by atoms with Gasteiger partial charge in [0.15, 0.2) is 0 Å². The van der Waals surface area contributed by atoms with Gasteiger partial charge < -0.3 is 4.42 Å². The molecule has 1 saturated heterocycles. The molecule has 4 unspecified atom stereocenters. The molecule has 1 aromatic heterocycles. The molecule has 5 rings (SSSR count). The molecule has 2 heterocycles. The van der Waals surface area contributed by atoms with Gasteiger partial charge in [0.25, 0.3) is 0 Å². The lowest BCUT2D eigenvalue weighted by Crippen LogP contribution is -2.32. The van der Waals surface area contributed by atoms with E-state index < -0.39 is 5.63 Å². The summed E-state index contributed by atoms with van der Waals surface area (Å²) in [4.78, 5) is 38.1. The first-order chi connectivity index (χ1) is 11.1. The van der Waals surface area contributed by atoms with Gasteiger partial charge in [-0.25, -0.2) is 9.69 Å². The Kier molecular flexibility index (Phi) is 2.33. The van der Waals surface area contributed by atoms with Crippen LogP contribution < -0.4 is 10.5 Å². The molecule has 3 aliphatic rings. The zero-order valence-electron chi connectivity index (χ0n) is 12.1. The minimum absolute atomic E-state index is 0.103. The van der Waals surface area contributed by atoms with E-state index in [1.807, 2.05) is 0 Å². The van der Waals surface area contributed by atoms with E-state index in [2.05, 4.69) is 12.2 Å². The van der Waals surface area contributed by atoms with Gasteiger partial charge in [-0.3, -0.25) is 9.59 Å². The molecule has 2 aromatic rings. The SMILES string of the molecule is O=C1C2C3C=CC(C3)C2C(=O)N1c1ccc2oc(=O)ccc2c1. The highest BCUT2D eigenvalue weighted by atomic mass is 16.4. The summed E-state index contributed by atoms with van der Waals surface area (Å²) < 4.78 is 5.10. The number of imide groups is 1. The average Bonchev–Trinajstić information content (AvgIpc) is 3.21. The minimum Gasteiger partial charge on any atom is -0.423 e. The van der Waals surface area contributed by atoms with E-state index in [4.69, 9.17) is 4.42 Å². The van der Waals surface area contributed by atoms with Crippen LogP contribution in [0.5, 0.6) is 0 Å². The van der Waals surface area contributed by atoms with E-state index in [1.54, 1.807) is 24.3 Å². The first kappa shape index (κ1) is 12.8. The lowest BCUT2D eigenvalue weighted by atomic mass is 9.85. The van der Waals surface area contributed by atoms with Gasteiger partial charge in [0.2, 0.25) is 11.8 Å². The predicted molar refractivity (Wildman–Crippen MR) is 82.7 cm³/mol. The van der Waals surface area contributed by atoms with Gasteiger partial charge in [-0.2, -0.15) is 0 Å². The number of rotatable bonds is 1. The Hall–Kier alpha value is -2.69. The second kappa shape index (κ2) is 4.19. The van der Waals surface area contributed by atoms with Gasteiger partial charge in [0.1, 0.15) is 5.58 Å². The van der Waals surface area contributed by atoms with Crippen molar-refractivity contribution < 1.29 is 14.0 Å². The smallest absolute Gasteiger partial charge is 0.336 e. The van der Waals surface area contributed by atoms with Gasteiger partial charge in [0, 0.05) is 11.5 Å². The minimum atomic E-state index is -0.421. The second-order valence-corrected chi connectivity index (χ2v) is 6.49. The third kappa shape index (κ3) is 1.59. The largest absolute Gasteiger partial charge is 0.423 e. The molecule has 0 radical (unpaired) electrons. The van der Waals surface area contributed by atoms with Crippen LogP contribution in [0.25, 0.3) is 11.0 Å². The third-order valence-corrected chi connectivity index (χ3v) is 5.33. The number of fused-ring (bicyclic) bond motifs is 6. The number of nitrogens with zero attached hydrogens (tertiary/aromatic N) is 1. The van der Waals surface area contributed by atoms with Crippen molar-refractivity contribution in [2.45, 2.75) is 6.42 Å². The summed E-state index contributed by atoms with van der Waals surface area (Å²) in [7, 11) is 0. The number of hydrogen-bond donors (Lipinski definition) is 0. The highest BCUT2D eigenvalue weighted by Crippen LogP contribution is 2.53. The topological polar surface area (TPSA) is 67.6 Å². The molecule has 0 N–H and O–H groups in total. The van der Waals surface area contributed by atoms with Crippen LogP contribution in [0.3, 0.4) is 0 Å². The molecule has 5 heteroatoms. The van der Waals surface area contributed by atoms with Crippen molar-refractivity contribution in [3.8, 4) is 0 Å². The molecule has 2 amide bonds. The monoisotopic (exact) mass is 307 g/mol. The van der Waals surface area contributed by atoms with Crippen LogP contribution in [0.2, 0.25) is 0 Å². The Bertz CT molecular complexity index is 927. The Labute approximate surface area is 131 Å². The lowest BCUT2D eigenvalue weighted by Gasteiger charge is -2.17. The maximum absolute atomic E-state index is 12.8. The molecular formula is C18H13NO4. The van der Waals surface area contributed by atoms with Crippen LogP contribution in [0, 0.1) is 23.7 Å². The molecule has 2 bridgehead atoms. The van der Waals surface area contributed by atoms with Crippen molar-refractivity contribution >= 4 is 28.5 Å². The van der Waals surface area contributed by atoms with E-state index in [0.717, 1.165) is 6.42 Å². The third-order valence-electron chi connectivity index (χ3n) is 5.33. The number of benzene rings is 1. The average molecular weight is 307 g/mol. The Morgan fingerprint density at radius 2 is 1.61 bits per heavy atom. The molecule has 0 spiro atoms. The van der Waals surface area contributed by atoms with E-state index in [9.17, 15) is 14.4 Å². The predicted octanol–water partition coefficient (Wildman–Crippen LogP) is 2.10. The molecular weight excluding hydrogens is 294 g/mol. The van der Waals surface area contributed by atoms with Crippen molar-refractivity contribution in [1.82, 2.24) is 0 Å². The normalized spacial score (nSPS) is 31.4. The van der Waals surface area contributed by atoms with Crippen LogP contribution >= 0.6 is 0 Å². The van der Waals surface area contributed by atoms with Crippen LogP contribution in [-0.4, -0.2) is 11.8 Å². The van der Waals surface area contributed by atoms with Gasteiger partial charge >= 0.3 is 5.63 Å². The zero-order valence-corrected chi connectivity index (χ0v) is 12.1. The summed E-state index contributed by atoms with van der Waals surface area (Å²) in [5, 5.41) is 0.695. The van der Waals surface area contributed by atoms with E-state index in [1.165, 1.54) is 11.0 Å². The fraction of sp³-hybridized carbons (Fsp3) is 0.278. The quantitative estimate of drug-likeness (QED) is 0.460. The molecule has 114 valence electrons. The summed E-state index contributed by atoms with van der Waals surface area (Å²) >= 11 is 0. The molecule has 1 aromatic carbocycles. The molecule has 5 nitrogen and oxygen atoms in total. The van der Waals surface area contributed by atoms with Crippen molar-refractivity contribution in [2.75, 3.05) is 4.90 Å². The fourth-order valence-electron chi connectivity index (χ4n) is 4.36. The molecule has 1 saturated carbocycles. The maximum Gasteiger partial charge on any atom is 0.336 e. The van der Waals surface area contributed by atoms with Gasteiger partial charge in [-0.1, -0.05) is 12.2 Å². The number of carbonyl (C=O) groups excluding carboxylic acids is 2. The van der Waals surface area contributed by atoms with E-state index >= 15 is 0 Å². The zero-order chi connectivity index (χ0) is 15.7. The summed E-state index contributed by atoms with van der Waals surface area (Å²) in [5.74, 6) is -0.221. The summed E-state index contributed by atoms with van der Waals surface area (Å²) in [6, 6.07) is 8.00. The maximum atomic E-state index is 12.8. The highest BCUT2D eigenvalue weighted by molar-refractivity contribution is 6.23. The number of amides is 2. The Morgan fingerprint density at radius 1 is 0.913 bits per heavy atom. The summed E-state index contributed by atoms with van der Waals surface area (Å²) in [6.45, 7) is 0. The van der Waals surface area contributed by atoms with Crippen LogP contribution in [-0.2, 0) is 9.59 Å². The first-order valence-corrected chi connectivity index (χ1v) is 7.73. The molecule has 23 heavy (non-hydrogen) atoms. The number of allylic oxidation sites excluding steroid dienone is 2. The van der Waals surface area contributed by atoms with Crippen molar-refractivity contribution in [3.63, 3.8) is 0 Å². The van der Waals surface area contributed by atoms with Gasteiger partial charge in [0.05, 0.1) is 17.5 Å². The van der Waals surface area contributed by atoms with E-state index in [-0.39, 0.29) is 35.5 Å². The highest BCUT2D eigenvalue weighted by Gasteiger charge is 2.59. The first-order valence-electron chi connectivity index (χ1n) is 7.73. The lowest BCUT2D eigenvalue weighted by molar-refractivity contribution is -0.123. The standard InChI is InChI=1S/C18H13NO4/c20-14-6-3-9-8-12(4-5-13(9)23-14)19-17(21)15-10-1-2-11(7-10)16(15)18(19)22/h1-6,8,10-11,15-16H,7H2. The van der Waals surface area contributed by atoms with Gasteiger partial charge in [-0.05, 0) is 42.5 Å². The summed E-state index contributed by atoms with van der Waals surface area (Å²) in [6.07, 6.45) is 5.08. The van der Waals surface area contributed by atoms with Crippen molar-refractivity contribution in [1.29, 1.82) is 0 Å². The number of carbonyl (C=O) groups is 2. The number of anilines is 1. The summed E-state index contributed by atoms with van der Waals surface area (Å²) in [5.41, 5.74) is 0.577. The van der Waals surface area contributed by atoms with Crippen molar-refractivity contribution in [3.05, 3.63) is 52.9 Å². The van der Waals surface area contributed by atoms with E-state index in [0.29, 0.717) is 16.7 Å².